The fraction of sp³-hybridized carbons (Fsp3) is 0.696. The van der Waals surface area contributed by atoms with Gasteiger partial charge in [-0.25, -0.2) is 25.1 Å². The van der Waals surface area contributed by atoms with Crippen molar-refractivity contribution in [2.24, 2.45) is 5.92 Å². The lowest BCUT2D eigenvalue weighted by atomic mass is 10.1. The monoisotopic (exact) mass is 541 g/mol. The fourth-order valence-corrected chi connectivity index (χ4v) is 5.69. The van der Waals surface area contributed by atoms with E-state index in [9.17, 15) is 14.2 Å². The number of nitrogens with zero attached hydrogens (tertiary/aromatic N) is 4. The third kappa shape index (κ3) is 9.03. The predicted octanol–water partition coefficient (Wildman–Crippen LogP) is 2.46. The summed E-state index contributed by atoms with van der Waals surface area (Å²) in [5, 5.41) is 5.67. The Morgan fingerprint density at radius 1 is 1.14 bits per heavy atom. The Labute approximate surface area is 217 Å². The van der Waals surface area contributed by atoms with E-state index in [0.29, 0.717) is 17.7 Å². The standard InChI is InChI=1S/C23H40N7O6P/c1-14(2)10-34-21(31)17(6)28-37(33,29-23(7,8)22(32)36-15(3)4)13-35-16(5)9-30-12-27-18-19(24)25-11-26-20(18)30/h11-12,14-17H,9-10,13H2,1-8H3,(H2,24,25,26)(H2,28,29,33)/t16-,17+,37?/m0/s1. The van der Waals surface area contributed by atoms with E-state index in [2.05, 4.69) is 25.1 Å². The molecule has 0 saturated carbocycles. The molecule has 0 amide bonds. The van der Waals surface area contributed by atoms with E-state index in [1.54, 1.807) is 52.4 Å². The average Bonchev–Trinajstić information content (AvgIpc) is 3.19. The molecule has 208 valence electrons. The molecule has 0 aliphatic carbocycles. The molecule has 1 unspecified atom stereocenters. The van der Waals surface area contributed by atoms with Gasteiger partial charge in [-0.1, -0.05) is 13.8 Å². The largest absolute Gasteiger partial charge is 0.464 e. The molecule has 0 saturated heterocycles. The molecule has 4 N–H and O–H groups in total. The van der Waals surface area contributed by atoms with Crippen LogP contribution in [0.4, 0.5) is 5.82 Å². The molecule has 0 radical (unpaired) electrons. The van der Waals surface area contributed by atoms with Crippen LogP contribution < -0.4 is 15.9 Å². The Morgan fingerprint density at radius 3 is 2.43 bits per heavy atom. The molecular formula is C23H40N7O6P. The molecule has 37 heavy (non-hydrogen) atoms. The maximum Gasteiger partial charge on any atom is 0.326 e. The molecule has 0 fully saturated rings. The van der Waals surface area contributed by atoms with Crippen molar-refractivity contribution in [3.05, 3.63) is 12.7 Å². The highest BCUT2D eigenvalue weighted by molar-refractivity contribution is 7.59. The van der Waals surface area contributed by atoms with Gasteiger partial charge in [0.05, 0.1) is 31.7 Å². The zero-order valence-corrected chi connectivity index (χ0v) is 23.7. The number of fused-ring (bicyclic) bond motifs is 1. The van der Waals surface area contributed by atoms with Crippen LogP contribution in [-0.4, -0.2) is 68.2 Å². The Bertz CT molecular complexity index is 1120. The van der Waals surface area contributed by atoms with E-state index in [-0.39, 0.29) is 30.8 Å². The van der Waals surface area contributed by atoms with Crippen LogP contribution >= 0.6 is 7.44 Å². The number of ether oxygens (including phenoxy) is 3. The van der Waals surface area contributed by atoms with Gasteiger partial charge in [0.15, 0.2) is 11.5 Å². The van der Waals surface area contributed by atoms with E-state index < -0.39 is 37.1 Å². The fourth-order valence-electron chi connectivity index (χ4n) is 3.29. The Hall–Kier alpha value is -2.60. The first kappa shape index (κ1) is 30.6. The Kier molecular flexibility index (Phi) is 10.6. The molecular weight excluding hydrogens is 501 g/mol. The number of carbonyl (C=O) groups excluding carboxylic acids is 2. The number of esters is 2. The summed E-state index contributed by atoms with van der Waals surface area (Å²) in [6.45, 7) is 14.3. The van der Waals surface area contributed by atoms with Crippen molar-refractivity contribution in [1.29, 1.82) is 0 Å². The maximum absolute atomic E-state index is 14.0. The third-order valence-electron chi connectivity index (χ3n) is 5.05. The molecule has 2 heterocycles. The molecule has 0 aliphatic heterocycles. The van der Waals surface area contributed by atoms with Gasteiger partial charge in [0.1, 0.15) is 29.8 Å². The molecule has 2 rings (SSSR count). The van der Waals surface area contributed by atoms with Gasteiger partial charge in [0, 0.05) is 0 Å². The van der Waals surface area contributed by atoms with Crippen molar-refractivity contribution in [1.82, 2.24) is 29.7 Å². The van der Waals surface area contributed by atoms with Gasteiger partial charge in [0.2, 0.25) is 7.44 Å². The highest BCUT2D eigenvalue weighted by atomic mass is 31.2. The van der Waals surface area contributed by atoms with Crippen molar-refractivity contribution in [3.8, 4) is 0 Å². The topological polar surface area (TPSA) is 173 Å². The summed E-state index contributed by atoms with van der Waals surface area (Å²) < 4.78 is 32.3. The summed E-state index contributed by atoms with van der Waals surface area (Å²) in [7, 11) is -3.69. The minimum Gasteiger partial charge on any atom is -0.464 e. The summed E-state index contributed by atoms with van der Waals surface area (Å²) in [5.74, 6) is -0.734. The summed E-state index contributed by atoms with van der Waals surface area (Å²) in [6.07, 6.45) is 1.80. The minimum atomic E-state index is -3.69. The van der Waals surface area contributed by atoms with Gasteiger partial charge in [-0.15, -0.1) is 0 Å². The third-order valence-corrected chi connectivity index (χ3v) is 7.29. The first-order valence-electron chi connectivity index (χ1n) is 12.2. The van der Waals surface area contributed by atoms with Crippen LogP contribution in [0.5, 0.6) is 0 Å². The van der Waals surface area contributed by atoms with Crippen LogP contribution in [0.15, 0.2) is 12.7 Å². The van der Waals surface area contributed by atoms with Crippen LogP contribution in [0, 0.1) is 5.92 Å². The number of hydrogen-bond donors (Lipinski definition) is 3. The van der Waals surface area contributed by atoms with Crippen LogP contribution in [0.3, 0.4) is 0 Å². The van der Waals surface area contributed by atoms with Crippen LogP contribution in [0.2, 0.25) is 0 Å². The van der Waals surface area contributed by atoms with E-state index in [4.69, 9.17) is 19.9 Å². The summed E-state index contributed by atoms with van der Waals surface area (Å²) >= 11 is 0. The van der Waals surface area contributed by atoms with E-state index >= 15 is 0 Å². The van der Waals surface area contributed by atoms with E-state index in [0.717, 1.165) is 0 Å². The van der Waals surface area contributed by atoms with Gasteiger partial charge < -0.3 is 24.5 Å². The number of hydrogen-bond acceptors (Lipinski definition) is 10. The molecule has 2 aromatic heterocycles. The first-order valence-corrected chi connectivity index (χ1v) is 14.1. The Balaban J connectivity index is 2.17. The molecule has 2 aromatic rings. The number of anilines is 1. The second-order valence-electron chi connectivity index (χ2n) is 10.2. The number of nitrogens with two attached hydrogens (primary N) is 1. The smallest absolute Gasteiger partial charge is 0.326 e. The quantitative estimate of drug-likeness (QED) is 0.236. The van der Waals surface area contributed by atoms with E-state index in [1.165, 1.54) is 6.33 Å². The number of carbonyl (C=O) groups is 2. The van der Waals surface area contributed by atoms with Crippen LogP contribution in [-0.2, 0) is 34.9 Å². The first-order chi connectivity index (χ1) is 17.1. The minimum absolute atomic E-state index is 0.148. The van der Waals surface area contributed by atoms with E-state index in [1.807, 2.05) is 13.8 Å². The molecule has 13 nitrogen and oxygen atoms in total. The van der Waals surface area contributed by atoms with Crippen molar-refractivity contribution in [3.63, 3.8) is 0 Å². The summed E-state index contributed by atoms with van der Waals surface area (Å²) in [6, 6.07) is -0.926. The SMILES string of the molecule is CC(C)COC(=O)[C@@H](C)NP(=O)(CO[C@@H](C)Cn1cnc2c(N)ncnc21)NC(C)(C)C(=O)OC(C)C. The molecule has 0 spiro atoms. The molecule has 0 bridgehead atoms. The Morgan fingerprint density at radius 2 is 1.81 bits per heavy atom. The summed E-state index contributed by atoms with van der Waals surface area (Å²) in [5.41, 5.74) is 5.53. The van der Waals surface area contributed by atoms with Crippen molar-refractivity contribution < 1.29 is 28.4 Å². The molecule has 0 aliphatic rings. The van der Waals surface area contributed by atoms with Crippen molar-refractivity contribution >= 4 is 36.4 Å². The average molecular weight is 542 g/mol. The number of imidazole rings is 1. The number of rotatable bonds is 14. The maximum atomic E-state index is 14.0. The zero-order valence-electron chi connectivity index (χ0n) is 22.8. The molecule has 0 aromatic carbocycles. The lowest BCUT2D eigenvalue weighted by Crippen LogP contribution is -2.51. The predicted molar refractivity (Wildman–Crippen MR) is 140 cm³/mol. The van der Waals surface area contributed by atoms with Crippen molar-refractivity contribution in [2.45, 2.75) is 85.7 Å². The second kappa shape index (κ2) is 12.8. The molecule has 14 heteroatoms. The van der Waals surface area contributed by atoms with Crippen LogP contribution in [0.25, 0.3) is 11.2 Å². The second-order valence-corrected chi connectivity index (χ2v) is 12.5. The number of nitrogens with one attached hydrogen (secondary N) is 2. The number of nitrogen functional groups attached to an aromatic ring is 1. The highest BCUT2D eigenvalue weighted by Crippen LogP contribution is 2.40. The number of aromatic nitrogens is 4. The van der Waals surface area contributed by atoms with Gasteiger partial charge in [-0.3, -0.25) is 14.2 Å². The molecule has 3 atom stereocenters. The van der Waals surface area contributed by atoms with Gasteiger partial charge in [0.25, 0.3) is 0 Å². The lowest BCUT2D eigenvalue weighted by molar-refractivity contribution is -0.153. The van der Waals surface area contributed by atoms with Gasteiger partial charge >= 0.3 is 11.9 Å². The normalized spacial score (nSPS) is 15.5. The highest BCUT2D eigenvalue weighted by Gasteiger charge is 2.39. The summed E-state index contributed by atoms with van der Waals surface area (Å²) in [4.78, 5) is 37.5. The van der Waals surface area contributed by atoms with Crippen molar-refractivity contribution in [2.75, 3.05) is 18.7 Å². The lowest BCUT2D eigenvalue weighted by Gasteiger charge is -2.32. The van der Waals surface area contributed by atoms with Gasteiger partial charge in [-0.2, -0.15) is 0 Å². The zero-order chi connectivity index (χ0) is 28.0. The van der Waals surface area contributed by atoms with Gasteiger partial charge in [-0.05, 0) is 47.5 Å². The van der Waals surface area contributed by atoms with Crippen LogP contribution in [0.1, 0.15) is 55.4 Å².